The maximum absolute atomic E-state index is 12.3. The smallest absolute Gasteiger partial charge is 0.232 e. The molecule has 166 valence electrons. The van der Waals surface area contributed by atoms with E-state index in [1.54, 1.807) is 35.2 Å². The molecule has 0 atom stereocenters. The van der Waals surface area contributed by atoms with Gasteiger partial charge in [0.2, 0.25) is 21.8 Å². The van der Waals surface area contributed by atoms with Gasteiger partial charge in [0, 0.05) is 42.3 Å². The Balaban J connectivity index is 1.57. The van der Waals surface area contributed by atoms with Crippen LogP contribution in [0.25, 0.3) is 0 Å². The Morgan fingerprint density at radius 1 is 1.16 bits per heavy atom. The molecule has 3 rings (SSSR count). The Labute approximate surface area is 192 Å². The Kier molecular flexibility index (Phi) is 7.46. The van der Waals surface area contributed by atoms with Crippen molar-refractivity contribution in [3.63, 3.8) is 0 Å². The molecule has 1 aliphatic heterocycles. The highest BCUT2D eigenvalue weighted by Crippen LogP contribution is 2.31. The molecule has 1 N–H and O–H groups in total. The van der Waals surface area contributed by atoms with Gasteiger partial charge in [0.05, 0.1) is 17.0 Å². The molecule has 2 aromatic carbocycles. The lowest BCUT2D eigenvalue weighted by Gasteiger charge is -2.23. The molecule has 0 saturated carbocycles. The van der Waals surface area contributed by atoms with E-state index in [2.05, 4.69) is 5.32 Å². The van der Waals surface area contributed by atoms with Gasteiger partial charge in [0.15, 0.2) is 0 Å². The van der Waals surface area contributed by atoms with Gasteiger partial charge in [-0.2, -0.15) is 0 Å². The van der Waals surface area contributed by atoms with E-state index in [0.29, 0.717) is 30.1 Å². The third kappa shape index (κ3) is 6.12. The molecule has 1 heterocycles. The lowest BCUT2D eigenvalue weighted by molar-refractivity contribution is -0.117. The maximum atomic E-state index is 12.3. The Morgan fingerprint density at radius 3 is 2.48 bits per heavy atom. The average Bonchev–Trinajstić information content (AvgIpc) is 3.13. The van der Waals surface area contributed by atoms with Crippen LogP contribution in [0.2, 0.25) is 10.0 Å². The Morgan fingerprint density at radius 2 is 1.87 bits per heavy atom. The number of sulfonamides is 1. The van der Waals surface area contributed by atoms with E-state index >= 15 is 0 Å². The fraction of sp³-hybridized carbons (Fsp3) is 0.333. The van der Waals surface area contributed by atoms with Gasteiger partial charge < -0.3 is 10.2 Å². The standard InChI is InChI=1S/C21H23Cl2N3O4S/c1-31(29,30)26(19-14-15(22)6-11-18(19)23)13-2-4-20(27)24-16-7-9-17(10-8-16)25-12-3-5-21(25)28/h6-11,14H,2-5,12-13H2,1H3,(H,24,27). The fourth-order valence-electron chi connectivity index (χ4n) is 3.39. The summed E-state index contributed by atoms with van der Waals surface area (Å²) in [5, 5.41) is 3.41. The van der Waals surface area contributed by atoms with E-state index in [-0.39, 0.29) is 35.5 Å². The first kappa shape index (κ1) is 23.4. The van der Waals surface area contributed by atoms with E-state index in [0.717, 1.165) is 22.7 Å². The number of rotatable bonds is 8. The van der Waals surface area contributed by atoms with Crippen molar-refractivity contribution >= 4 is 62.1 Å². The van der Waals surface area contributed by atoms with E-state index in [4.69, 9.17) is 23.2 Å². The zero-order chi connectivity index (χ0) is 22.6. The Hall–Kier alpha value is -2.29. The van der Waals surface area contributed by atoms with Gasteiger partial charge in [-0.25, -0.2) is 8.42 Å². The van der Waals surface area contributed by atoms with Gasteiger partial charge in [0.25, 0.3) is 0 Å². The Bertz CT molecular complexity index is 1070. The highest BCUT2D eigenvalue weighted by atomic mass is 35.5. The fourth-order valence-corrected chi connectivity index (χ4v) is 4.80. The SMILES string of the molecule is CS(=O)(=O)N(CCCC(=O)Nc1ccc(N2CCCC2=O)cc1)c1cc(Cl)ccc1Cl. The van der Waals surface area contributed by atoms with Crippen molar-refractivity contribution in [1.29, 1.82) is 0 Å². The van der Waals surface area contributed by atoms with Crippen LogP contribution in [0.5, 0.6) is 0 Å². The number of carbonyl (C=O) groups is 2. The molecule has 0 spiro atoms. The number of hydrogen-bond donors (Lipinski definition) is 1. The van der Waals surface area contributed by atoms with Crippen molar-refractivity contribution in [2.24, 2.45) is 0 Å². The van der Waals surface area contributed by atoms with E-state index in [1.165, 1.54) is 12.1 Å². The summed E-state index contributed by atoms with van der Waals surface area (Å²) >= 11 is 12.1. The maximum Gasteiger partial charge on any atom is 0.232 e. The zero-order valence-electron chi connectivity index (χ0n) is 17.0. The largest absolute Gasteiger partial charge is 0.326 e. The van der Waals surface area contributed by atoms with Crippen molar-refractivity contribution in [3.05, 3.63) is 52.5 Å². The van der Waals surface area contributed by atoms with Crippen LogP contribution in [0.15, 0.2) is 42.5 Å². The quantitative estimate of drug-likeness (QED) is 0.605. The molecule has 31 heavy (non-hydrogen) atoms. The number of benzene rings is 2. The summed E-state index contributed by atoms with van der Waals surface area (Å²) in [5.74, 6) is -0.136. The zero-order valence-corrected chi connectivity index (χ0v) is 19.3. The second-order valence-corrected chi connectivity index (χ2v) is 10.0. The van der Waals surface area contributed by atoms with Crippen molar-refractivity contribution in [2.45, 2.75) is 25.7 Å². The van der Waals surface area contributed by atoms with Gasteiger partial charge in [-0.3, -0.25) is 13.9 Å². The third-order valence-electron chi connectivity index (χ3n) is 4.88. The highest BCUT2D eigenvalue weighted by molar-refractivity contribution is 7.92. The van der Waals surface area contributed by atoms with Crippen LogP contribution >= 0.6 is 23.2 Å². The van der Waals surface area contributed by atoms with Crippen LogP contribution in [0.1, 0.15) is 25.7 Å². The van der Waals surface area contributed by atoms with Gasteiger partial charge in [-0.1, -0.05) is 23.2 Å². The molecule has 0 bridgehead atoms. The summed E-state index contributed by atoms with van der Waals surface area (Å²) in [6.07, 6.45) is 2.90. The van der Waals surface area contributed by atoms with E-state index in [1.807, 2.05) is 0 Å². The third-order valence-corrected chi connectivity index (χ3v) is 6.61. The molecule has 0 aliphatic carbocycles. The molecule has 1 fully saturated rings. The lowest BCUT2D eigenvalue weighted by Crippen LogP contribution is -2.31. The molecule has 0 radical (unpaired) electrons. The monoisotopic (exact) mass is 483 g/mol. The molecule has 2 aromatic rings. The second kappa shape index (κ2) is 9.89. The molecule has 1 aliphatic rings. The summed E-state index contributed by atoms with van der Waals surface area (Å²) in [4.78, 5) is 25.8. The number of nitrogens with one attached hydrogen (secondary N) is 1. The van der Waals surface area contributed by atoms with Crippen LogP contribution in [-0.2, 0) is 19.6 Å². The van der Waals surface area contributed by atoms with Crippen LogP contribution < -0.4 is 14.5 Å². The number of amides is 2. The van der Waals surface area contributed by atoms with Crippen LogP contribution in [0.4, 0.5) is 17.1 Å². The highest BCUT2D eigenvalue weighted by Gasteiger charge is 2.22. The van der Waals surface area contributed by atoms with E-state index in [9.17, 15) is 18.0 Å². The normalized spacial score (nSPS) is 14.0. The minimum atomic E-state index is -3.61. The first-order chi connectivity index (χ1) is 14.6. The van der Waals surface area contributed by atoms with Gasteiger partial charge in [-0.05, 0) is 55.3 Å². The average molecular weight is 484 g/mol. The minimum absolute atomic E-state index is 0.0856. The molecular formula is C21H23Cl2N3O4S. The number of anilines is 3. The number of hydrogen-bond acceptors (Lipinski definition) is 4. The van der Waals surface area contributed by atoms with Gasteiger partial charge in [0.1, 0.15) is 0 Å². The summed E-state index contributed by atoms with van der Waals surface area (Å²) in [6, 6.07) is 11.7. The van der Waals surface area contributed by atoms with Crippen LogP contribution in [0.3, 0.4) is 0 Å². The molecule has 2 amide bonds. The van der Waals surface area contributed by atoms with Crippen LogP contribution in [0, 0.1) is 0 Å². The second-order valence-electron chi connectivity index (χ2n) is 7.28. The van der Waals surface area contributed by atoms with Crippen molar-refractivity contribution in [3.8, 4) is 0 Å². The number of carbonyl (C=O) groups excluding carboxylic acids is 2. The first-order valence-corrected chi connectivity index (χ1v) is 12.4. The molecule has 10 heteroatoms. The summed E-state index contributed by atoms with van der Waals surface area (Å²) in [7, 11) is -3.61. The molecule has 0 unspecified atom stereocenters. The lowest BCUT2D eigenvalue weighted by atomic mass is 10.2. The predicted octanol–water partition coefficient (Wildman–Crippen LogP) is 4.31. The number of halogens is 2. The minimum Gasteiger partial charge on any atom is -0.326 e. The van der Waals surface area contributed by atoms with Crippen molar-refractivity contribution in [2.75, 3.05) is 33.9 Å². The summed E-state index contributed by atoms with van der Waals surface area (Å²) in [5.41, 5.74) is 1.70. The summed E-state index contributed by atoms with van der Waals surface area (Å²) < 4.78 is 25.6. The summed E-state index contributed by atoms with van der Waals surface area (Å²) in [6.45, 7) is 0.792. The molecule has 7 nitrogen and oxygen atoms in total. The first-order valence-electron chi connectivity index (χ1n) is 9.78. The van der Waals surface area contributed by atoms with Crippen molar-refractivity contribution in [1.82, 2.24) is 0 Å². The molecule has 0 aromatic heterocycles. The molecule has 1 saturated heterocycles. The van der Waals surface area contributed by atoms with Gasteiger partial charge in [-0.15, -0.1) is 0 Å². The van der Waals surface area contributed by atoms with Gasteiger partial charge >= 0.3 is 0 Å². The predicted molar refractivity (Wildman–Crippen MR) is 125 cm³/mol. The topological polar surface area (TPSA) is 86.8 Å². The number of nitrogens with zero attached hydrogens (tertiary/aromatic N) is 2. The van der Waals surface area contributed by atoms with Crippen molar-refractivity contribution < 1.29 is 18.0 Å². The molecular weight excluding hydrogens is 461 g/mol. The van der Waals surface area contributed by atoms with E-state index < -0.39 is 10.0 Å². The van der Waals surface area contributed by atoms with Crippen LogP contribution in [-0.4, -0.2) is 39.6 Å².